The zero-order chi connectivity index (χ0) is 12.3. The largest absolute Gasteiger partial charge is 0.473 e. The first-order chi connectivity index (χ1) is 7.41. The summed E-state index contributed by atoms with van der Waals surface area (Å²) in [5.41, 5.74) is 0. The molecular formula is C12H20O4. The van der Waals surface area contributed by atoms with Crippen molar-refractivity contribution in [2.75, 3.05) is 0 Å². The molecule has 1 aliphatic carbocycles. The van der Waals surface area contributed by atoms with Gasteiger partial charge in [-0.1, -0.05) is 27.2 Å². The minimum atomic E-state index is -1.50. The van der Waals surface area contributed by atoms with Crippen LogP contribution >= 0.6 is 0 Å². The molecule has 0 amide bonds. The molecule has 0 aromatic heterocycles. The van der Waals surface area contributed by atoms with Crippen molar-refractivity contribution in [1.82, 2.24) is 0 Å². The van der Waals surface area contributed by atoms with E-state index in [-0.39, 0.29) is 6.10 Å². The number of rotatable bonds is 2. The van der Waals surface area contributed by atoms with Gasteiger partial charge < -0.3 is 9.84 Å². The fraction of sp³-hybridized carbons (Fsp3) is 0.833. The van der Waals surface area contributed by atoms with Crippen LogP contribution in [0.4, 0.5) is 0 Å². The third kappa shape index (κ3) is 3.22. The topological polar surface area (TPSA) is 63.6 Å². The fourth-order valence-corrected chi connectivity index (χ4v) is 2.44. The summed E-state index contributed by atoms with van der Waals surface area (Å²) >= 11 is 0. The smallest absolute Gasteiger partial charge is 0.417 e. The predicted octanol–water partition coefficient (Wildman–Crippen LogP) is 2.07. The molecule has 0 aliphatic heterocycles. The van der Waals surface area contributed by atoms with Crippen LogP contribution in [0.25, 0.3) is 0 Å². The van der Waals surface area contributed by atoms with Crippen molar-refractivity contribution in [2.24, 2.45) is 17.8 Å². The summed E-state index contributed by atoms with van der Waals surface area (Å²) in [6.07, 6.45) is 2.69. The van der Waals surface area contributed by atoms with E-state index >= 15 is 0 Å². The number of carbonyl (C=O) groups is 2. The molecule has 0 heterocycles. The second-order valence-corrected chi connectivity index (χ2v) is 5.08. The summed E-state index contributed by atoms with van der Waals surface area (Å²) in [5.74, 6) is -1.41. The maximum atomic E-state index is 11.1. The average molecular weight is 228 g/mol. The van der Waals surface area contributed by atoms with Crippen LogP contribution in [0.1, 0.15) is 40.0 Å². The van der Waals surface area contributed by atoms with Gasteiger partial charge in [-0.25, -0.2) is 9.59 Å². The molecule has 0 spiro atoms. The predicted molar refractivity (Wildman–Crippen MR) is 58.9 cm³/mol. The SMILES string of the molecule is CC(C)[C@H]1CC[C@@H](C)C[C@@H]1OC(=O)C(=O)O. The van der Waals surface area contributed by atoms with Crippen molar-refractivity contribution < 1.29 is 19.4 Å². The lowest BCUT2D eigenvalue weighted by Crippen LogP contribution is -2.37. The molecule has 0 aromatic carbocycles. The molecule has 92 valence electrons. The Hall–Kier alpha value is -1.06. The van der Waals surface area contributed by atoms with Gasteiger partial charge in [-0.2, -0.15) is 0 Å². The van der Waals surface area contributed by atoms with Crippen LogP contribution in [0.5, 0.6) is 0 Å². The number of carboxylic acids is 1. The molecule has 1 N–H and O–H groups in total. The second kappa shape index (κ2) is 5.32. The molecule has 0 saturated heterocycles. The van der Waals surface area contributed by atoms with E-state index in [1.807, 2.05) is 0 Å². The molecule has 16 heavy (non-hydrogen) atoms. The van der Waals surface area contributed by atoms with Crippen molar-refractivity contribution in [1.29, 1.82) is 0 Å². The Morgan fingerprint density at radius 1 is 1.31 bits per heavy atom. The van der Waals surface area contributed by atoms with Gasteiger partial charge in [0.25, 0.3) is 0 Å². The van der Waals surface area contributed by atoms with E-state index in [1.54, 1.807) is 0 Å². The summed E-state index contributed by atoms with van der Waals surface area (Å²) in [5, 5.41) is 8.53. The Kier molecular flexibility index (Phi) is 4.33. The van der Waals surface area contributed by atoms with E-state index in [0.717, 1.165) is 19.3 Å². The lowest BCUT2D eigenvalue weighted by Gasteiger charge is -2.36. The number of aliphatic carboxylic acids is 1. The third-order valence-corrected chi connectivity index (χ3v) is 3.39. The molecular weight excluding hydrogens is 208 g/mol. The molecule has 1 saturated carbocycles. The number of carbonyl (C=O) groups excluding carboxylic acids is 1. The third-order valence-electron chi connectivity index (χ3n) is 3.39. The van der Waals surface area contributed by atoms with Crippen LogP contribution in [-0.4, -0.2) is 23.1 Å². The van der Waals surface area contributed by atoms with E-state index in [2.05, 4.69) is 20.8 Å². The molecule has 3 atom stereocenters. The lowest BCUT2D eigenvalue weighted by atomic mass is 9.75. The van der Waals surface area contributed by atoms with Gasteiger partial charge in [-0.05, 0) is 30.6 Å². The van der Waals surface area contributed by atoms with Gasteiger partial charge in [0, 0.05) is 0 Å². The van der Waals surface area contributed by atoms with E-state index < -0.39 is 11.9 Å². The van der Waals surface area contributed by atoms with Crippen LogP contribution in [0, 0.1) is 17.8 Å². The lowest BCUT2D eigenvalue weighted by molar-refractivity contribution is -0.171. The van der Waals surface area contributed by atoms with E-state index in [9.17, 15) is 9.59 Å². The molecule has 0 radical (unpaired) electrons. The number of hydrogen-bond donors (Lipinski definition) is 1. The summed E-state index contributed by atoms with van der Waals surface area (Å²) in [7, 11) is 0. The van der Waals surface area contributed by atoms with Crippen molar-refractivity contribution in [2.45, 2.75) is 46.1 Å². The minimum Gasteiger partial charge on any atom is -0.473 e. The highest BCUT2D eigenvalue weighted by atomic mass is 16.6. The Bertz CT molecular complexity index is 272. The number of hydrogen-bond acceptors (Lipinski definition) is 3. The zero-order valence-electron chi connectivity index (χ0n) is 10.1. The highest BCUT2D eigenvalue weighted by Crippen LogP contribution is 2.35. The maximum absolute atomic E-state index is 11.1. The van der Waals surface area contributed by atoms with Gasteiger partial charge in [-0.15, -0.1) is 0 Å². The zero-order valence-corrected chi connectivity index (χ0v) is 10.1. The number of esters is 1. The molecule has 4 heteroatoms. The maximum Gasteiger partial charge on any atom is 0.417 e. The van der Waals surface area contributed by atoms with Crippen molar-refractivity contribution in [3.8, 4) is 0 Å². The second-order valence-electron chi connectivity index (χ2n) is 5.08. The van der Waals surface area contributed by atoms with Crippen LogP contribution in [0.2, 0.25) is 0 Å². The quantitative estimate of drug-likeness (QED) is 0.580. The van der Waals surface area contributed by atoms with E-state index in [1.165, 1.54) is 0 Å². The normalized spacial score (nSPS) is 30.1. The first kappa shape index (κ1) is 13.0. The molecule has 1 aliphatic rings. The van der Waals surface area contributed by atoms with E-state index in [0.29, 0.717) is 17.8 Å². The highest BCUT2D eigenvalue weighted by molar-refractivity contribution is 6.28. The van der Waals surface area contributed by atoms with Gasteiger partial charge in [0.2, 0.25) is 0 Å². The van der Waals surface area contributed by atoms with Crippen LogP contribution in [-0.2, 0) is 14.3 Å². The molecule has 0 unspecified atom stereocenters. The Labute approximate surface area is 96.0 Å². The monoisotopic (exact) mass is 228 g/mol. The summed E-state index contributed by atoms with van der Waals surface area (Å²) in [4.78, 5) is 21.5. The van der Waals surface area contributed by atoms with Crippen molar-refractivity contribution in [3.05, 3.63) is 0 Å². The van der Waals surface area contributed by atoms with Gasteiger partial charge in [0.05, 0.1) is 0 Å². The van der Waals surface area contributed by atoms with Crippen LogP contribution in [0.3, 0.4) is 0 Å². The first-order valence-electron chi connectivity index (χ1n) is 5.85. The van der Waals surface area contributed by atoms with Crippen LogP contribution in [0.15, 0.2) is 0 Å². The number of carboxylic acid groups (broad SMARTS) is 1. The Morgan fingerprint density at radius 2 is 1.94 bits per heavy atom. The Balaban J connectivity index is 2.64. The van der Waals surface area contributed by atoms with Gasteiger partial charge in [0.1, 0.15) is 6.10 Å². The summed E-state index contributed by atoms with van der Waals surface area (Å²) in [6, 6.07) is 0. The molecule has 4 nitrogen and oxygen atoms in total. The molecule has 1 rings (SSSR count). The molecule has 1 fully saturated rings. The molecule has 0 aromatic rings. The van der Waals surface area contributed by atoms with Crippen LogP contribution < -0.4 is 0 Å². The van der Waals surface area contributed by atoms with Gasteiger partial charge in [0.15, 0.2) is 0 Å². The van der Waals surface area contributed by atoms with Crippen molar-refractivity contribution >= 4 is 11.9 Å². The van der Waals surface area contributed by atoms with Gasteiger partial charge in [-0.3, -0.25) is 0 Å². The molecule has 0 bridgehead atoms. The first-order valence-corrected chi connectivity index (χ1v) is 5.85. The minimum absolute atomic E-state index is 0.229. The van der Waals surface area contributed by atoms with E-state index in [4.69, 9.17) is 9.84 Å². The average Bonchev–Trinajstić information content (AvgIpc) is 2.16. The standard InChI is InChI=1S/C12H20O4/c1-7(2)9-5-4-8(3)6-10(9)16-12(15)11(13)14/h7-10H,4-6H2,1-3H3,(H,13,14)/t8-,9-,10+/m1/s1. The summed E-state index contributed by atoms with van der Waals surface area (Å²) < 4.78 is 5.06. The van der Waals surface area contributed by atoms with Gasteiger partial charge >= 0.3 is 11.9 Å². The highest BCUT2D eigenvalue weighted by Gasteiger charge is 2.34. The van der Waals surface area contributed by atoms with Crippen molar-refractivity contribution in [3.63, 3.8) is 0 Å². The Morgan fingerprint density at radius 3 is 2.44 bits per heavy atom. The summed E-state index contributed by atoms with van der Waals surface area (Å²) in [6.45, 7) is 6.28. The number of ether oxygens (including phenoxy) is 1. The fourth-order valence-electron chi connectivity index (χ4n) is 2.44.